The molecule has 2 atom stereocenters. The number of aliphatic hydroxyl groups excluding tert-OH is 1. The van der Waals surface area contributed by atoms with E-state index in [4.69, 9.17) is 0 Å². The summed E-state index contributed by atoms with van der Waals surface area (Å²) in [6.45, 7) is 4.32. The van der Waals surface area contributed by atoms with Crippen LogP contribution in [0.4, 0.5) is 0 Å². The topological polar surface area (TPSA) is 83.5 Å². The maximum absolute atomic E-state index is 11.7. The Bertz CT molecular complexity index is 407. The van der Waals surface area contributed by atoms with Gasteiger partial charge in [0.25, 0.3) is 0 Å². The zero-order chi connectivity index (χ0) is 15.2. The van der Waals surface area contributed by atoms with Gasteiger partial charge in [-0.25, -0.2) is 8.42 Å². The molecule has 0 bridgehead atoms. The highest BCUT2D eigenvalue weighted by Crippen LogP contribution is 2.23. The summed E-state index contributed by atoms with van der Waals surface area (Å²) in [5, 5.41) is 12.7. The predicted octanol–water partition coefficient (Wildman–Crippen LogP) is 0.820. The molecule has 0 spiro atoms. The Hall–Kier alpha value is -0.270. The summed E-state index contributed by atoms with van der Waals surface area (Å²) in [4.78, 5) is 11.7. The van der Waals surface area contributed by atoms with Gasteiger partial charge in [0.15, 0.2) is 9.84 Å². The van der Waals surface area contributed by atoms with Gasteiger partial charge in [-0.2, -0.15) is 0 Å². The lowest BCUT2D eigenvalue weighted by Crippen LogP contribution is -2.37. The van der Waals surface area contributed by atoms with Gasteiger partial charge < -0.3 is 10.4 Å². The average Bonchev–Trinajstić information content (AvgIpc) is 2.75. The van der Waals surface area contributed by atoms with E-state index in [0.717, 1.165) is 12.8 Å². The van der Waals surface area contributed by atoms with E-state index in [9.17, 15) is 18.3 Å². The third-order valence-corrected chi connectivity index (χ3v) is 7.02. The lowest BCUT2D eigenvalue weighted by Gasteiger charge is -2.20. The highest BCUT2D eigenvalue weighted by Gasteiger charge is 2.28. The standard InChI is InChI=1S/C13H25NO4S2/c1-3-10(4-2)12(15)7-14-13(16)8-19-11-5-6-20(17,18)9-11/h10-12,15H,3-9H2,1-2H3,(H,14,16). The Morgan fingerprint density at radius 2 is 2.05 bits per heavy atom. The summed E-state index contributed by atoms with van der Waals surface area (Å²) < 4.78 is 22.6. The molecule has 1 aliphatic rings. The van der Waals surface area contributed by atoms with Crippen LogP contribution in [0.25, 0.3) is 0 Å². The summed E-state index contributed by atoms with van der Waals surface area (Å²) in [6.07, 6.45) is 1.91. The first-order chi connectivity index (χ1) is 9.38. The Morgan fingerprint density at radius 1 is 1.40 bits per heavy atom. The normalized spacial score (nSPS) is 22.9. The summed E-state index contributed by atoms with van der Waals surface area (Å²) in [5.41, 5.74) is 0. The fourth-order valence-corrected chi connectivity index (χ4v) is 5.83. The van der Waals surface area contributed by atoms with Crippen molar-refractivity contribution in [2.75, 3.05) is 23.8 Å². The van der Waals surface area contributed by atoms with Crippen molar-refractivity contribution in [2.24, 2.45) is 5.92 Å². The molecular weight excluding hydrogens is 298 g/mol. The van der Waals surface area contributed by atoms with Gasteiger partial charge in [-0.15, -0.1) is 11.8 Å². The van der Waals surface area contributed by atoms with Crippen molar-refractivity contribution in [1.29, 1.82) is 0 Å². The number of thioether (sulfide) groups is 1. The van der Waals surface area contributed by atoms with Gasteiger partial charge in [0.2, 0.25) is 5.91 Å². The Morgan fingerprint density at radius 3 is 2.55 bits per heavy atom. The fraction of sp³-hybridized carbons (Fsp3) is 0.923. The summed E-state index contributed by atoms with van der Waals surface area (Å²) in [5.74, 6) is 0.754. The second kappa shape index (κ2) is 8.24. The predicted molar refractivity (Wildman–Crippen MR) is 82.6 cm³/mol. The lowest BCUT2D eigenvalue weighted by molar-refractivity contribution is -0.119. The fourth-order valence-electron chi connectivity index (χ4n) is 2.35. The second-order valence-electron chi connectivity index (χ2n) is 5.28. The monoisotopic (exact) mass is 323 g/mol. The Balaban J connectivity index is 2.21. The molecule has 118 valence electrons. The van der Waals surface area contributed by atoms with Crippen LogP contribution in [0.5, 0.6) is 0 Å². The zero-order valence-electron chi connectivity index (χ0n) is 12.2. The van der Waals surface area contributed by atoms with Crippen molar-refractivity contribution < 1.29 is 18.3 Å². The van der Waals surface area contributed by atoms with Crippen LogP contribution in [0, 0.1) is 5.92 Å². The van der Waals surface area contributed by atoms with E-state index in [2.05, 4.69) is 5.32 Å². The van der Waals surface area contributed by atoms with E-state index >= 15 is 0 Å². The molecule has 1 rings (SSSR count). The minimum atomic E-state index is -2.88. The van der Waals surface area contributed by atoms with Gasteiger partial charge in [-0.05, 0) is 12.3 Å². The minimum Gasteiger partial charge on any atom is -0.391 e. The first-order valence-corrected chi connectivity index (χ1v) is 10.0. The second-order valence-corrected chi connectivity index (χ2v) is 8.80. The number of rotatable bonds is 8. The van der Waals surface area contributed by atoms with Crippen LogP contribution in [-0.4, -0.2) is 54.6 Å². The van der Waals surface area contributed by atoms with Gasteiger partial charge in [-0.3, -0.25) is 4.79 Å². The number of carbonyl (C=O) groups excluding carboxylic acids is 1. The van der Waals surface area contributed by atoms with Crippen LogP contribution in [0.1, 0.15) is 33.1 Å². The number of nitrogens with one attached hydrogen (secondary N) is 1. The van der Waals surface area contributed by atoms with Gasteiger partial charge in [0.1, 0.15) is 0 Å². The number of carbonyl (C=O) groups is 1. The molecule has 0 radical (unpaired) electrons. The number of amides is 1. The number of hydrogen-bond donors (Lipinski definition) is 2. The molecule has 0 aliphatic carbocycles. The first-order valence-electron chi connectivity index (χ1n) is 7.14. The van der Waals surface area contributed by atoms with Crippen molar-refractivity contribution in [3.63, 3.8) is 0 Å². The van der Waals surface area contributed by atoms with Crippen LogP contribution in [0.2, 0.25) is 0 Å². The molecule has 1 fully saturated rings. The Labute approximate surface area is 125 Å². The molecule has 1 heterocycles. The maximum atomic E-state index is 11.7. The molecule has 1 amide bonds. The molecule has 20 heavy (non-hydrogen) atoms. The van der Waals surface area contributed by atoms with Gasteiger partial charge >= 0.3 is 0 Å². The average molecular weight is 323 g/mol. The number of sulfone groups is 1. The first kappa shape index (κ1) is 17.8. The molecule has 2 N–H and O–H groups in total. The highest BCUT2D eigenvalue weighted by molar-refractivity contribution is 8.02. The smallest absolute Gasteiger partial charge is 0.230 e. The minimum absolute atomic E-state index is 0.0368. The van der Waals surface area contributed by atoms with Crippen molar-refractivity contribution in [1.82, 2.24) is 5.32 Å². The zero-order valence-corrected chi connectivity index (χ0v) is 13.8. The van der Waals surface area contributed by atoms with Gasteiger partial charge in [0.05, 0.1) is 23.4 Å². The van der Waals surface area contributed by atoms with Gasteiger partial charge in [-0.1, -0.05) is 26.7 Å². The third-order valence-electron chi connectivity index (χ3n) is 3.74. The Kier molecular flexibility index (Phi) is 7.33. The summed E-state index contributed by atoms with van der Waals surface area (Å²) >= 11 is 1.39. The van der Waals surface area contributed by atoms with Crippen molar-refractivity contribution >= 4 is 27.5 Å². The van der Waals surface area contributed by atoms with Crippen molar-refractivity contribution in [2.45, 2.75) is 44.5 Å². The van der Waals surface area contributed by atoms with Crippen LogP contribution >= 0.6 is 11.8 Å². The van der Waals surface area contributed by atoms with Crippen LogP contribution in [0.3, 0.4) is 0 Å². The largest absolute Gasteiger partial charge is 0.391 e. The van der Waals surface area contributed by atoms with Crippen LogP contribution in [-0.2, 0) is 14.6 Å². The maximum Gasteiger partial charge on any atom is 0.230 e. The SMILES string of the molecule is CCC(CC)C(O)CNC(=O)CSC1CCS(=O)(=O)C1. The highest BCUT2D eigenvalue weighted by atomic mass is 32.2. The number of hydrogen-bond acceptors (Lipinski definition) is 5. The van der Waals surface area contributed by atoms with Crippen molar-refractivity contribution in [3.05, 3.63) is 0 Å². The van der Waals surface area contributed by atoms with Gasteiger partial charge in [0, 0.05) is 11.8 Å². The van der Waals surface area contributed by atoms with E-state index in [1.807, 2.05) is 13.8 Å². The number of aliphatic hydroxyl groups is 1. The molecule has 5 nitrogen and oxygen atoms in total. The van der Waals surface area contributed by atoms with E-state index in [1.54, 1.807) is 0 Å². The molecule has 0 saturated carbocycles. The summed E-state index contributed by atoms with van der Waals surface area (Å²) in [7, 11) is -2.88. The van der Waals surface area contributed by atoms with E-state index < -0.39 is 15.9 Å². The van der Waals surface area contributed by atoms with E-state index in [-0.39, 0.29) is 40.9 Å². The molecule has 1 saturated heterocycles. The molecule has 0 aromatic heterocycles. The molecular formula is C13H25NO4S2. The molecule has 1 aliphatic heterocycles. The molecule has 0 aromatic rings. The van der Waals surface area contributed by atoms with Crippen LogP contribution in [0.15, 0.2) is 0 Å². The van der Waals surface area contributed by atoms with E-state index in [0.29, 0.717) is 6.42 Å². The van der Waals surface area contributed by atoms with Crippen LogP contribution < -0.4 is 5.32 Å². The quantitative estimate of drug-likeness (QED) is 0.691. The third kappa shape index (κ3) is 6.01. The summed E-state index contributed by atoms with van der Waals surface area (Å²) in [6, 6.07) is 0. The lowest BCUT2D eigenvalue weighted by atomic mass is 9.97. The van der Waals surface area contributed by atoms with Crippen molar-refractivity contribution in [3.8, 4) is 0 Å². The van der Waals surface area contributed by atoms with E-state index in [1.165, 1.54) is 11.8 Å². The molecule has 0 aromatic carbocycles. The molecule has 7 heteroatoms. The molecule has 2 unspecified atom stereocenters.